The van der Waals surface area contributed by atoms with Gasteiger partial charge in [-0.2, -0.15) is 0 Å². The average molecular weight is 215 g/mol. The molecule has 0 saturated heterocycles. The van der Waals surface area contributed by atoms with E-state index in [1.54, 1.807) is 0 Å². The van der Waals surface area contributed by atoms with Crippen molar-refractivity contribution in [1.29, 1.82) is 0 Å². The van der Waals surface area contributed by atoms with E-state index in [2.05, 4.69) is 14.8 Å². The van der Waals surface area contributed by atoms with E-state index in [0.29, 0.717) is 0 Å². The average Bonchev–Trinajstić information content (AvgIpc) is 2.49. The number of aromatic amines is 1. The molecule has 0 fully saturated rings. The molecular formula is C7H9N3O5. The van der Waals surface area contributed by atoms with Crippen molar-refractivity contribution in [3.05, 3.63) is 16.4 Å². The van der Waals surface area contributed by atoms with Crippen LogP contribution in [0.4, 0.5) is 0 Å². The molecule has 1 amide bonds. The molecule has 3 N–H and O–H groups in total. The van der Waals surface area contributed by atoms with Crippen LogP contribution in [-0.2, 0) is 4.79 Å². The molecule has 0 saturated carbocycles. The van der Waals surface area contributed by atoms with Crippen molar-refractivity contribution >= 4 is 11.9 Å². The molecule has 8 heteroatoms. The molecule has 0 spiro atoms. The van der Waals surface area contributed by atoms with Crippen molar-refractivity contribution in [3.8, 4) is 0 Å². The van der Waals surface area contributed by atoms with Crippen LogP contribution >= 0.6 is 0 Å². The second-order valence-electron chi connectivity index (χ2n) is 2.89. The van der Waals surface area contributed by atoms with Crippen LogP contribution in [0, 0.1) is 0 Å². The van der Waals surface area contributed by atoms with Crippen molar-refractivity contribution in [1.82, 2.24) is 15.5 Å². The number of hydrogen-bond acceptors (Lipinski definition) is 5. The highest BCUT2D eigenvalue weighted by Gasteiger charge is 2.16. The maximum Gasteiger partial charge on any atom is 0.434 e. The van der Waals surface area contributed by atoms with Gasteiger partial charge in [0.05, 0.1) is 6.42 Å². The summed E-state index contributed by atoms with van der Waals surface area (Å²) in [7, 11) is 0. The third kappa shape index (κ3) is 3.25. The van der Waals surface area contributed by atoms with Crippen LogP contribution in [0.5, 0.6) is 0 Å². The molecule has 0 aliphatic rings. The number of rotatable bonds is 4. The zero-order valence-electron chi connectivity index (χ0n) is 7.81. The number of carbonyl (C=O) groups is 2. The Labute approximate surface area is 83.3 Å². The fraction of sp³-hybridized carbons (Fsp3) is 0.429. The van der Waals surface area contributed by atoms with Crippen LogP contribution in [0.25, 0.3) is 0 Å². The first kappa shape index (κ1) is 11.0. The van der Waals surface area contributed by atoms with Gasteiger partial charge in [0.25, 0.3) is 0 Å². The number of carboxylic acids is 1. The first-order chi connectivity index (χ1) is 6.99. The largest absolute Gasteiger partial charge is 0.481 e. The molecule has 1 aromatic rings. The van der Waals surface area contributed by atoms with E-state index in [1.807, 2.05) is 5.10 Å². The van der Waals surface area contributed by atoms with Crippen LogP contribution in [0.1, 0.15) is 24.0 Å². The topological polar surface area (TPSA) is 125 Å². The van der Waals surface area contributed by atoms with Gasteiger partial charge in [-0.15, -0.1) is 5.10 Å². The van der Waals surface area contributed by atoms with E-state index < -0.39 is 29.6 Å². The first-order valence-corrected chi connectivity index (χ1v) is 4.07. The highest BCUT2D eigenvalue weighted by atomic mass is 16.4. The summed E-state index contributed by atoms with van der Waals surface area (Å²) in [6.45, 7) is 1.51. The van der Waals surface area contributed by atoms with Crippen LogP contribution in [0.3, 0.4) is 0 Å². The molecule has 1 aromatic heterocycles. The van der Waals surface area contributed by atoms with E-state index in [1.165, 1.54) is 6.92 Å². The fourth-order valence-corrected chi connectivity index (χ4v) is 0.925. The summed E-state index contributed by atoms with van der Waals surface area (Å²) in [4.78, 5) is 32.0. The molecule has 0 aromatic carbocycles. The Morgan fingerprint density at radius 1 is 1.67 bits per heavy atom. The standard InChI is InChI=1S/C7H9N3O5/c1-3(2-4(11)12)8-5(13)6-9-10-7(14)15-6/h3H,2H2,1H3,(H,8,13)(H,10,14)(H,11,12). The van der Waals surface area contributed by atoms with Gasteiger partial charge in [-0.1, -0.05) is 0 Å². The van der Waals surface area contributed by atoms with E-state index in [9.17, 15) is 14.4 Å². The summed E-state index contributed by atoms with van der Waals surface area (Å²) in [5.41, 5.74) is 0. The van der Waals surface area contributed by atoms with E-state index >= 15 is 0 Å². The molecule has 0 bridgehead atoms. The lowest BCUT2D eigenvalue weighted by atomic mass is 10.2. The Balaban J connectivity index is 2.56. The van der Waals surface area contributed by atoms with Crippen molar-refractivity contribution < 1.29 is 19.1 Å². The van der Waals surface area contributed by atoms with E-state index in [-0.39, 0.29) is 6.42 Å². The van der Waals surface area contributed by atoms with E-state index in [4.69, 9.17) is 5.11 Å². The molecule has 0 aliphatic carbocycles. The van der Waals surface area contributed by atoms with Crippen molar-refractivity contribution in [2.75, 3.05) is 0 Å². The molecule has 0 aliphatic heterocycles. The number of H-pyrrole nitrogens is 1. The maximum atomic E-state index is 11.2. The number of nitrogens with zero attached hydrogens (tertiary/aromatic N) is 1. The summed E-state index contributed by atoms with van der Waals surface area (Å²) >= 11 is 0. The number of nitrogens with one attached hydrogen (secondary N) is 2. The van der Waals surface area contributed by atoms with Crippen molar-refractivity contribution in [2.24, 2.45) is 0 Å². The molecule has 82 valence electrons. The Morgan fingerprint density at radius 3 is 2.80 bits per heavy atom. The second kappa shape index (κ2) is 4.40. The predicted molar refractivity (Wildman–Crippen MR) is 46.3 cm³/mol. The zero-order valence-corrected chi connectivity index (χ0v) is 7.81. The normalized spacial score (nSPS) is 12.1. The minimum Gasteiger partial charge on any atom is -0.481 e. The van der Waals surface area contributed by atoms with Gasteiger partial charge in [0.1, 0.15) is 0 Å². The summed E-state index contributed by atoms with van der Waals surface area (Å²) in [5.74, 6) is -3.03. The van der Waals surface area contributed by atoms with Gasteiger partial charge in [-0.25, -0.2) is 9.89 Å². The molecule has 1 rings (SSSR count). The van der Waals surface area contributed by atoms with Crippen LogP contribution < -0.4 is 11.1 Å². The monoisotopic (exact) mass is 215 g/mol. The van der Waals surface area contributed by atoms with Gasteiger partial charge < -0.3 is 14.8 Å². The Hall–Kier alpha value is -2.12. The number of aromatic nitrogens is 2. The SMILES string of the molecule is CC(CC(=O)O)NC(=O)c1n[nH]c(=O)o1. The highest BCUT2D eigenvalue weighted by molar-refractivity contribution is 5.89. The van der Waals surface area contributed by atoms with Gasteiger partial charge in [0.15, 0.2) is 0 Å². The molecule has 1 unspecified atom stereocenters. The number of hydrogen-bond donors (Lipinski definition) is 3. The number of aliphatic carboxylic acids is 1. The molecule has 15 heavy (non-hydrogen) atoms. The molecule has 0 radical (unpaired) electrons. The Bertz CT molecular complexity index is 420. The van der Waals surface area contributed by atoms with Gasteiger partial charge >= 0.3 is 23.5 Å². The van der Waals surface area contributed by atoms with Crippen molar-refractivity contribution in [2.45, 2.75) is 19.4 Å². The predicted octanol–water partition coefficient (Wildman–Crippen LogP) is -1.04. The Kier molecular flexibility index (Phi) is 3.21. The minimum absolute atomic E-state index is 0.222. The molecular weight excluding hydrogens is 206 g/mol. The Morgan fingerprint density at radius 2 is 2.33 bits per heavy atom. The zero-order chi connectivity index (χ0) is 11.4. The second-order valence-corrected chi connectivity index (χ2v) is 2.89. The van der Waals surface area contributed by atoms with Gasteiger partial charge in [-0.05, 0) is 6.92 Å². The van der Waals surface area contributed by atoms with Crippen molar-refractivity contribution in [3.63, 3.8) is 0 Å². The number of carboxylic acid groups (broad SMARTS) is 1. The number of carbonyl (C=O) groups excluding carboxylic acids is 1. The van der Waals surface area contributed by atoms with Crippen LogP contribution in [0.15, 0.2) is 9.21 Å². The van der Waals surface area contributed by atoms with Gasteiger partial charge in [0, 0.05) is 6.04 Å². The molecule has 1 atom stereocenters. The lowest BCUT2D eigenvalue weighted by Gasteiger charge is -2.08. The quantitative estimate of drug-likeness (QED) is 0.588. The summed E-state index contributed by atoms with van der Waals surface area (Å²) in [6.07, 6.45) is -0.222. The summed E-state index contributed by atoms with van der Waals surface area (Å²) in [6, 6.07) is -0.572. The third-order valence-corrected chi connectivity index (χ3v) is 1.49. The number of amides is 1. The van der Waals surface area contributed by atoms with Crippen LogP contribution in [-0.4, -0.2) is 33.2 Å². The lowest BCUT2D eigenvalue weighted by molar-refractivity contribution is -0.137. The minimum atomic E-state index is -1.04. The van der Waals surface area contributed by atoms with E-state index in [0.717, 1.165) is 0 Å². The first-order valence-electron chi connectivity index (χ1n) is 4.07. The maximum absolute atomic E-state index is 11.2. The van der Waals surface area contributed by atoms with Crippen LogP contribution in [0.2, 0.25) is 0 Å². The molecule has 8 nitrogen and oxygen atoms in total. The third-order valence-electron chi connectivity index (χ3n) is 1.49. The van der Waals surface area contributed by atoms with Gasteiger partial charge in [-0.3, -0.25) is 9.59 Å². The fourth-order valence-electron chi connectivity index (χ4n) is 0.925. The van der Waals surface area contributed by atoms with Gasteiger partial charge in [0.2, 0.25) is 0 Å². The lowest BCUT2D eigenvalue weighted by Crippen LogP contribution is -2.34. The molecule has 1 heterocycles. The highest BCUT2D eigenvalue weighted by Crippen LogP contribution is 1.94. The summed E-state index contributed by atoms with van der Waals surface area (Å²) in [5, 5.41) is 15.9. The smallest absolute Gasteiger partial charge is 0.434 e. The summed E-state index contributed by atoms with van der Waals surface area (Å²) < 4.78 is 4.37.